The molecule has 128 valence electrons. The summed E-state index contributed by atoms with van der Waals surface area (Å²) in [4.78, 5) is 36.1. The third-order valence-corrected chi connectivity index (χ3v) is 3.46. The molecule has 0 aliphatic rings. The average Bonchev–Trinajstić information content (AvgIpc) is 2.56. The number of carbonyl (C=O) groups excluding carboxylic acids is 2. The van der Waals surface area contributed by atoms with Crippen molar-refractivity contribution >= 4 is 22.6 Å². The molecule has 0 atom stereocenters. The van der Waals surface area contributed by atoms with Crippen molar-refractivity contribution in [2.75, 3.05) is 13.7 Å². The molecule has 0 aliphatic carbocycles. The molecule has 1 N–H and O–H groups in total. The predicted octanol–water partition coefficient (Wildman–Crippen LogP) is 1.35. The van der Waals surface area contributed by atoms with Crippen molar-refractivity contribution in [2.45, 2.75) is 26.8 Å². The Hall–Kier alpha value is -2.70. The van der Waals surface area contributed by atoms with Crippen LogP contribution < -0.4 is 10.9 Å². The highest BCUT2D eigenvalue weighted by atomic mass is 16.5. The van der Waals surface area contributed by atoms with Crippen molar-refractivity contribution in [1.29, 1.82) is 0 Å². The quantitative estimate of drug-likeness (QED) is 0.807. The molecule has 2 aromatic rings. The van der Waals surface area contributed by atoms with Crippen molar-refractivity contribution in [1.82, 2.24) is 15.1 Å². The molecule has 0 saturated heterocycles. The lowest BCUT2D eigenvalue weighted by atomic mass is 10.1. The van der Waals surface area contributed by atoms with Gasteiger partial charge in [-0.2, -0.15) is 5.10 Å². The van der Waals surface area contributed by atoms with Crippen LogP contribution in [0.3, 0.4) is 0 Å². The van der Waals surface area contributed by atoms with Gasteiger partial charge < -0.3 is 10.1 Å². The molecule has 0 spiro atoms. The van der Waals surface area contributed by atoms with Gasteiger partial charge in [0.1, 0.15) is 0 Å². The maximum Gasteiger partial charge on any atom is 0.307 e. The van der Waals surface area contributed by atoms with E-state index in [0.29, 0.717) is 17.3 Å². The molecule has 2 rings (SSSR count). The molecule has 0 aliphatic heterocycles. The fourth-order valence-corrected chi connectivity index (χ4v) is 2.34. The van der Waals surface area contributed by atoms with E-state index >= 15 is 0 Å². The summed E-state index contributed by atoms with van der Waals surface area (Å²) in [5.74, 6) is -0.614. The van der Waals surface area contributed by atoms with Crippen LogP contribution in [0.15, 0.2) is 29.1 Å². The zero-order chi connectivity index (χ0) is 17.7. The van der Waals surface area contributed by atoms with Crippen molar-refractivity contribution in [3.8, 4) is 0 Å². The maximum absolute atomic E-state index is 12.5. The van der Waals surface area contributed by atoms with Crippen LogP contribution in [-0.4, -0.2) is 35.3 Å². The second kappa shape index (κ2) is 7.72. The lowest BCUT2D eigenvalue weighted by molar-refractivity contribution is -0.140. The number of fused-ring (bicyclic) bond motifs is 1. The van der Waals surface area contributed by atoms with Gasteiger partial charge in [-0.15, -0.1) is 0 Å². The molecule has 0 unspecified atom stereocenters. The lowest BCUT2D eigenvalue weighted by Gasteiger charge is -2.12. The normalized spacial score (nSPS) is 10.8. The number of hydrogen-bond donors (Lipinski definition) is 1. The molecule has 0 saturated carbocycles. The largest absolute Gasteiger partial charge is 0.469 e. The van der Waals surface area contributed by atoms with E-state index in [4.69, 9.17) is 0 Å². The number of hydrogen-bond acceptors (Lipinski definition) is 5. The fourth-order valence-electron chi connectivity index (χ4n) is 2.34. The highest BCUT2D eigenvalue weighted by Crippen LogP contribution is 2.13. The Bertz CT molecular complexity index is 811. The van der Waals surface area contributed by atoms with Crippen LogP contribution in [0, 0.1) is 5.92 Å². The minimum atomic E-state index is -0.424. The first-order chi connectivity index (χ1) is 11.4. The number of esters is 1. The van der Waals surface area contributed by atoms with Gasteiger partial charge in [-0.05, 0) is 12.0 Å². The maximum atomic E-state index is 12.5. The monoisotopic (exact) mass is 331 g/mol. The Morgan fingerprint density at radius 2 is 1.92 bits per heavy atom. The van der Waals surface area contributed by atoms with Gasteiger partial charge in [0.05, 0.1) is 18.9 Å². The van der Waals surface area contributed by atoms with E-state index < -0.39 is 11.9 Å². The van der Waals surface area contributed by atoms with Gasteiger partial charge in [0.15, 0.2) is 5.69 Å². The van der Waals surface area contributed by atoms with E-state index in [2.05, 4.69) is 15.2 Å². The number of aromatic nitrogens is 2. The van der Waals surface area contributed by atoms with Crippen LogP contribution in [0.4, 0.5) is 0 Å². The van der Waals surface area contributed by atoms with Gasteiger partial charge in [-0.3, -0.25) is 14.4 Å². The number of benzene rings is 1. The van der Waals surface area contributed by atoms with Crippen molar-refractivity contribution < 1.29 is 14.3 Å². The van der Waals surface area contributed by atoms with Crippen molar-refractivity contribution in [2.24, 2.45) is 5.92 Å². The Morgan fingerprint density at radius 3 is 2.54 bits per heavy atom. The third-order valence-electron chi connectivity index (χ3n) is 3.46. The SMILES string of the molecule is COC(=O)CCNC(=O)c1nn(CC(C)C)c(=O)c2ccccc12. The van der Waals surface area contributed by atoms with Crippen LogP contribution in [0.1, 0.15) is 30.8 Å². The Morgan fingerprint density at radius 1 is 1.25 bits per heavy atom. The minimum Gasteiger partial charge on any atom is -0.469 e. The number of rotatable bonds is 6. The van der Waals surface area contributed by atoms with Gasteiger partial charge in [0, 0.05) is 18.5 Å². The van der Waals surface area contributed by atoms with Gasteiger partial charge in [0.25, 0.3) is 11.5 Å². The van der Waals surface area contributed by atoms with Crippen molar-refractivity contribution in [3.05, 3.63) is 40.3 Å². The highest BCUT2D eigenvalue weighted by Gasteiger charge is 2.17. The number of carbonyl (C=O) groups is 2. The summed E-state index contributed by atoms with van der Waals surface area (Å²) in [5, 5.41) is 7.82. The van der Waals surface area contributed by atoms with E-state index in [1.165, 1.54) is 11.8 Å². The second-order valence-corrected chi connectivity index (χ2v) is 5.86. The summed E-state index contributed by atoms with van der Waals surface area (Å²) in [6, 6.07) is 6.88. The Balaban J connectivity index is 2.37. The summed E-state index contributed by atoms with van der Waals surface area (Å²) in [7, 11) is 1.29. The van der Waals surface area contributed by atoms with Crippen molar-refractivity contribution in [3.63, 3.8) is 0 Å². The lowest BCUT2D eigenvalue weighted by Crippen LogP contribution is -2.32. The molecule has 24 heavy (non-hydrogen) atoms. The number of methoxy groups -OCH3 is 1. The first-order valence-corrected chi connectivity index (χ1v) is 7.79. The van der Waals surface area contributed by atoms with Crippen LogP contribution in [0.5, 0.6) is 0 Å². The molecule has 1 heterocycles. The molecule has 0 radical (unpaired) electrons. The molecular weight excluding hydrogens is 310 g/mol. The predicted molar refractivity (Wildman–Crippen MR) is 89.8 cm³/mol. The fraction of sp³-hybridized carbons (Fsp3) is 0.412. The zero-order valence-corrected chi connectivity index (χ0v) is 14.0. The molecule has 0 fully saturated rings. The zero-order valence-electron chi connectivity index (χ0n) is 14.0. The van der Waals surface area contributed by atoms with Crippen LogP contribution in [0.2, 0.25) is 0 Å². The summed E-state index contributed by atoms with van der Waals surface area (Å²) in [5.41, 5.74) is -0.0406. The molecule has 1 amide bonds. The molecular formula is C17H21N3O4. The van der Waals surface area contributed by atoms with E-state index in [9.17, 15) is 14.4 Å². The average molecular weight is 331 g/mol. The topological polar surface area (TPSA) is 90.3 Å². The Labute approximate surface area is 139 Å². The smallest absolute Gasteiger partial charge is 0.307 e. The molecule has 0 bridgehead atoms. The van der Waals surface area contributed by atoms with Gasteiger partial charge in [-0.1, -0.05) is 32.0 Å². The first kappa shape index (κ1) is 17.7. The molecule has 1 aromatic heterocycles. The van der Waals surface area contributed by atoms with E-state index in [1.54, 1.807) is 24.3 Å². The number of amides is 1. The number of nitrogens with zero attached hydrogens (tertiary/aromatic N) is 2. The minimum absolute atomic E-state index is 0.0752. The number of ether oxygens (including phenoxy) is 1. The Kier molecular flexibility index (Phi) is 5.68. The first-order valence-electron chi connectivity index (χ1n) is 7.79. The van der Waals surface area contributed by atoms with Crippen LogP contribution >= 0.6 is 0 Å². The summed E-state index contributed by atoms with van der Waals surface area (Å²) >= 11 is 0. The van der Waals surface area contributed by atoms with E-state index in [1.807, 2.05) is 13.8 Å². The van der Waals surface area contributed by atoms with Crippen LogP contribution in [0.25, 0.3) is 10.8 Å². The van der Waals surface area contributed by atoms with Gasteiger partial charge in [-0.25, -0.2) is 4.68 Å². The van der Waals surface area contributed by atoms with E-state index in [0.717, 1.165) is 0 Å². The van der Waals surface area contributed by atoms with E-state index in [-0.39, 0.29) is 30.1 Å². The molecule has 1 aromatic carbocycles. The molecule has 7 nitrogen and oxygen atoms in total. The summed E-state index contributed by atoms with van der Waals surface area (Å²) < 4.78 is 5.86. The molecule has 7 heteroatoms. The summed E-state index contributed by atoms with van der Waals surface area (Å²) in [6.07, 6.45) is 0.0752. The third kappa shape index (κ3) is 3.98. The highest BCUT2D eigenvalue weighted by molar-refractivity contribution is 6.04. The second-order valence-electron chi connectivity index (χ2n) is 5.86. The van der Waals surface area contributed by atoms with Crippen LogP contribution in [-0.2, 0) is 16.1 Å². The number of nitrogens with one attached hydrogen (secondary N) is 1. The standard InChI is InChI=1S/C17H21N3O4/c1-11(2)10-20-17(23)13-7-5-4-6-12(13)15(19-20)16(22)18-9-8-14(21)24-3/h4-7,11H,8-10H2,1-3H3,(H,18,22). The van der Waals surface area contributed by atoms with Gasteiger partial charge >= 0.3 is 5.97 Å². The van der Waals surface area contributed by atoms with Gasteiger partial charge in [0.2, 0.25) is 0 Å². The summed E-state index contributed by atoms with van der Waals surface area (Å²) in [6.45, 7) is 4.51.